The molecule has 5 rings (SSSR count). The lowest BCUT2D eigenvalue weighted by atomic mass is 10.0. The number of aryl methyl sites for hydroxylation is 1. The van der Waals surface area contributed by atoms with E-state index in [1.54, 1.807) is 6.08 Å². The third kappa shape index (κ3) is 9.05. The Morgan fingerprint density at radius 1 is 1.00 bits per heavy atom. The zero-order chi connectivity index (χ0) is 29.6. The zero-order valence-electron chi connectivity index (χ0n) is 25.3. The Bertz CT molecular complexity index is 1320. The summed E-state index contributed by atoms with van der Waals surface area (Å²) in [6.45, 7) is 13.3. The number of carbonyl (C=O) groups excluding carboxylic acids is 1. The van der Waals surface area contributed by atoms with Gasteiger partial charge in [0, 0.05) is 38.6 Å². The van der Waals surface area contributed by atoms with Crippen molar-refractivity contribution in [3.05, 3.63) is 115 Å². The van der Waals surface area contributed by atoms with E-state index in [4.69, 9.17) is 9.72 Å². The standard InChI is InChI=1S/C30H40N4O2.C6H6/c1-4-18-33(30(35)36-23-25-11-7-6-8-12-25)26-16-20-32(21-17-26)19-15-24(3)22-34-28-14-10-9-13-27(28)31-29(34)5-2;1-2-4-6-5-3-1/h4,6-14,24,26H,1,5,15-23H2,2-3H3;1-6H. The van der Waals surface area contributed by atoms with E-state index in [9.17, 15) is 4.79 Å². The largest absolute Gasteiger partial charge is 0.445 e. The fourth-order valence-corrected chi connectivity index (χ4v) is 5.56. The molecule has 0 spiro atoms. The third-order valence-corrected chi connectivity index (χ3v) is 7.91. The van der Waals surface area contributed by atoms with Gasteiger partial charge in [0.15, 0.2) is 0 Å². The Morgan fingerprint density at radius 2 is 1.62 bits per heavy atom. The van der Waals surface area contributed by atoms with Crippen molar-refractivity contribution in [2.45, 2.75) is 58.7 Å². The molecule has 0 radical (unpaired) electrons. The molecule has 1 unspecified atom stereocenters. The first-order valence-corrected chi connectivity index (χ1v) is 15.3. The van der Waals surface area contributed by atoms with Crippen molar-refractivity contribution < 1.29 is 9.53 Å². The van der Waals surface area contributed by atoms with Gasteiger partial charge in [0.25, 0.3) is 0 Å². The summed E-state index contributed by atoms with van der Waals surface area (Å²) in [5.74, 6) is 1.74. The van der Waals surface area contributed by atoms with Crippen LogP contribution in [0.4, 0.5) is 4.79 Å². The lowest BCUT2D eigenvalue weighted by molar-refractivity contribution is 0.0651. The van der Waals surface area contributed by atoms with Crippen LogP contribution in [0.3, 0.4) is 0 Å². The zero-order valence-corrected chi connectivity index (χ0v) is 25.3. The minimum absolute atomic E-state index is 0.198. The maximum absolute atomic E-state index is 12.8. The number of piperidine rings is 1. The van der Waals surface area contributed by atoms with Gasteiger partial charge in [-0.05, 0) is 49.4 Å². The van der Waals surface area contributed by atoms with E-state index in [0.717, 1.165) is 62.9 Å². The van der Waals surface area contributed by atoms with Crippen LogP contribution in [0.5, 0.6) is 0 Å². The summed E-state index contributed by atoms with van der Waals surface area (Å²) in [6.07, 6.45) is 5.58. The summed E-state index contributed by atoms with van der Waals surface area (Å²) >= 11 is 0. The maximum Gasteiger partial charge on any atom is 0.410 e. The second kappa shape index (κ2) is 16.5. The molecule has 1 amide bonds. The van der Waals surface area contributed by atoms with Gasteiger partial charge in [0.2, 0.25) is 0 Å². The number of ether oxygens (including phenoxy) is 1. The minimum Gasteiger partial charge on any atom is -0.445 e. The summed E-state index contributed by atoms with van der Waals surface area (Å²) in [5, 5.41) is 0. The average Bonchev–Trinajstić information content (AvgIpc) is 3.40. The van der Waals surface area contributed by atoms with Gasteiger partial charge in [0.05, 0.1) is 11.0 Å². The van der Waals surface area contributed by atoms with Crippen LogP contribution in [0.1, 0.15) is 44.5 Å². The number of amides is 1. The molecular weight excluding hydrogens is 520 g/mol. The molecule has 3 aromatic carbocycles. The highest BCUT2D eigenvalue weighted by atomic mass is 16.6. The molecule has 6 heteroatoms. The van der Waals surface area contributed by atoms with Crippen molar-refractivity contribution in [3.63, 3.8) is 0 Å². The SMILES string of the molecule is C=CCN(C(=O)OCc1ccccc1)C1CCN(CCC(C)Cn2c(CC)nc3ccccc32)CC1.c1ccccc1. The van der Waals surface area contributed by atoms with E-state index < -0.39 is 0 Å². The number of para-hydroxylation sites is 2. The molecule has 1 saturated heterocycles. The van der Waals surface area contributed by atoms with Crippen molar-refractivity contribution in [2.24, 2.45) is 5.92 Å². The number of fused-ring (bicyclic) bond motifs is 1. The summed E-state index contributed by atoms with van der Waals surface area (Å²) < 4.78 is 8.02. The van der Waals surface area contributed by atoms with Gasteiger partial charge in [-0.3, -0.25) is 0 Å². The molecular formula is C36H46N4O2. The van der Waals surface area contributed by atoms with Crippen LogP contribution in [0, 0.1) is 5.92 Å². The summed E-state index contributed by atoms with van der Waals surface area (Å²) in [7, 11) is 0. The Hall–Kier alpha value is -3.90. The highest BCUT2D eigenvalue weighted by Crippen LogP contribution is 2.22. The van der Waals surface area contributed by atoms with E-state index in [-0.39, 0.29) is 12.1 Å². The minimum atomic E-state index is -0.245. The molecule has 1 fully saturated rings. The van der Waals surface area contributed by atoms with Crippen LogP contribution in [0.25, 0.3) is 11.0 Å². The Balaban J connectivity index is 0.000000600. The molecule has 0 bridgehead atoms. The van der Waals surface area contributed by atoms with Crippen LogP contribution in [0.2, 0.25) is 0 Å². The highest BCUT2D eigenvalue weighted by Gasteiger charge is 2.28. The van der Waals surface area contributed by atoms with Crippen molar-refractivity contribution in [1.29, 1.82) is 0 Å². The fraction of sp³-hybridized carbons (Fsp3) is 0.389. The lowest BCUT2D eigenvalue weighted by Gasteiger charge is -2.38. The molecule has 4 aromatic rings. The number of hydrogen-bond donors (Lipinski definition) is 0. The first-order chi connectivity index (χ1) is 20.6. The number of hydrogen-bond acceptors (Lipinski definition) is 4. The predicted octanol–water partition coefficient (Wildman–Crippen LogP) is 7.60. The lowest BCUT2D eigenvalue weighted by Crippen LogP contribution is -2.47. The second-order valence-corrected chi connectivity index (χ2v) is 11.1. The van der Waals surface area contributed by atoms with Gasteiger partial charge < -0.3 is 19.1 Å². The topological polar surface area (TPSA) is 50.6 Å². The molecule has 222 valence electrons. The third-order valence-electron chi connectivity index (χ3n) is 7.91. The number of carbonyl (C=O) groups is 1. The normalized spacial score (nSPS) is 14.5. The molecule has 0 saturated carbocycles. The van der Waals surface area contributed by atoms with Gasteiger partial charge >= 0.3 is 6.09 Å². The monoisotopic (exact) mass is 566 g/mol. The number of benzene rings is 3. The number of aromatic nitrogens is 2. The van der Waals surface area contributed by atoms with Crippen LogP contribution in [0.15, 0.2) is 104 Å². The highest BCUT2D eigenvalue weighted by molar-refractivity contribution is 5.75. The van der Waals surface area contributed by atoms with Crippen molar-refractivity contribution in [2.75, 3.05) is 26.2 Å². The maximum atomic E-state index is 12.8. The van der Waals surface area contributed by atoms with Gasteiger partial charge in [-0.1, -0.05) is 98.8 Å². The van der Waals surface area contributed by atoms with Gasteiger partial charge in [-0.15, -0.1) is 6.58 Å². The molecule has 0 aliphatic carbocycles. The number of rotatable bonds is 11. The second-order valence-electron chi connectivity index (χ2n) is 11.1. The van der Waals surface area contributed by atoms with Crippen molar-refractivity contribution in [1.82, 2.24) is 19.4 Å². The van der Waals surface area contributed by atoms with E-state index in [1.165, 1.54) is 11.3 Å². The average molecular weight is 567 g/mol. The molecule has 0 N–H and O–H groups in total. The number of likely N-dealkylation sites (tertiary alicyclic amines) is 1. The predicted molar refractivity (Wildman–Crippen MR) is 172 cm³/mol. The van der Waals surface area contributed by atoms with Gasteiger partial charge in [0.1, 0.15) is 12.4 Å². The van der Waals surface area contributed by atoms with Crippen molar-refractivity contribution in [3.8, 4) is 0 Å². The number of nitrogens with zero attached hydrogens (tertiary/aromatic N) is 4. The Morgan fingerprint density at radius 3 is 2.26 bits per heavy atom. The summed E-state index contributed by atoms with van der Waals surface area (Å²) in [5.41, 5.74) is 3.33. The summed E-state index contributed by atoms with van der Waals surface area (Å²) in [4.78, 5) is 22.1. The van der Waals surface area contributed by atoms with E-state index in [2.05, 4.69) is 54.2 Å². The molecule has 6 nitrogen and oxygen atoms in total. The molecule has 42 heavy (non-hydrogen) atoms. The van der Waals surface area contributed by atoms with Crippen LogP contribution >= 0.6 is 0 Å². The quantitative estimate of drug-likeness (QED) is 0.175. The smallest absolute Gasteiger partial charge is 0.410 e. The van der Waals surface area contributed by atoms with Crippen LogP contribution < -0.4 is 0 Å². The fourth-order valence-electron chi connectivity index (χ4n) is 5.56. The number of imidazole rings is 1. The molecule has 1 aromatic heterocycles. The van der Waals surface area contributed by atoms with E-state index >= 15 is 0 Å². The Labute approximate surface area is 251 Å². The van der Waals surface area contributed by atoms with Crippen LogP contribution in [-0.4, -0.2) is 57.7 Å². The van der Waals surface area contributed by atoms with E-state index in [1.807, 2.05) is 71.6 Å². The first kappa shape index (κ1) is 31.0. The van der Waals surface area contributed by atoms with Gasteiger partial charge in [-0.25, -0.2) is 9.78 Å². The van der Waals surface area contributed by atoms with Crippen LogP contribution in [-0.2, 0) is 24.3 Å². The van der Waals surface area contributed by atoms with E-state index in [0.29, 0.717) is 19.1 Å². The molecule has 1 aliphatic heterocycles. The molecule has 1 aliphatic rings. The summed E-state index contributed by atoms with van der Waals surface area (Å²) in [6, 6.07) is 30.5. The Kier molecular flexibility index (Phi) is 12.2. The first-order valence-electron chi connectivity index (χ1n) is 15.3. The van der Waals surface area contributed by atoms with Crippen molar-refractivity contribution >= 4 is 17.1 Å². The molecule has 2 heterocycles. The van der Waals surface area contributed by atoms with Gasteiger partial charge in [-0.2, -0.15) is 0 Å². The molecule has 1 atom stereocenters.